The van der Waals surface area contributed by atoms with Crippen LogP contribution in [0.2, 0.25) is 0 Å². The third-order valence-electron chi connectivity index (χ3n) is 5.24. The Labute approximate surface area is 179 Å². The molecule has 1 aliphatic heterocycles. The molecule has 11 heteroatoms. The van der Waals surface area contributed by atoms with Crippen LogP contribution in [0.3, 0.4) is 0 Å². The molecule has 0 atom stereocenters. The molecular formula is C20H29F3N6O2. The van der Waals surface area contributed by atoms with Gasteiger partial charge < -0.3 is 14.7 Å². The van der Waals surface area contributed by atoms with E-state index in [4.69, 9.17) is 4.74 Å². The van der Waals surface area contributed by atoms with Gasteiger partial charge in [-0.25, -0.2) is 4.98 Å². The molecule has 1 fully saturated rings. The van der Waals surface area contributed by atoms with Crippen LogP contribution in [0.1, 0.15) is 38.2 Å². The van der Waals surface area contributed by atoms with Crippen molar-refractivity contribution in [3.8, 4) is 17.7 Å². The Morgan fingerprint density at radius 2 is 1.77 bits per heavy atom. The topological polar surface area (TPSA) is 79.5 Å². The van der Waals surface area contributed by atoms with Gasteiger partial charge in [-0.15, -0.1) is 0 Å². The fourth-order valence-corrected chi connectivity index (χ4v) is 3.55. The summed E-state index contributed by atoms with van der Waals surface area (Å²) in [5, 5.41) is 10.4. The first kappa shape index (κ1) is 23.3. The van der Waals surface area contributed by atoms with Gasteiger partial charge in [-0.3, -0.25) is 9.47 Å². The predicted molar refractivity (Wildman–Crippen MR) is 109 cm³/mol. The summed E-state index contributed by atoms with van der Waals surface area (Å²) in [5.41, 5.74) is 0.554. The van der Waals surface area contributed by atoms with E-state index < -0.39 is 12.6 Å². The number of hydrogen-bond donors (Lipinski definition) is 1. The lowest BCUT2D eigenvalue weighted by molar-refractivity contribution is -0.136. The molecule has 31 heavy (non-hydrogen) atoms. The number of piperazine rings is 1. The average molecular weight is 442 g/mol. The Kier molecular flexibility index (Phi) is 7.71. The first-order chi connectivity index (χ1) is 14.7. The molecule has 8 nitrogen and oxygen atoms in total. The molecule has 0 aromatic carbocycles. The zero-order valence-electron chi connectivity index (χ0n) is 17.8. The lowest BCUT2D eigenvalue weighted by Gasteiger charge is -2.34. The fourth-order valence-electron chi connectivity index (χ4n) is 3.55. The van der Waals surface area contributed by atoms with Gasteiger partial charge in [0.1, 0.15) is 12.9 Å². The van der Waals surface area contributed by atoms with Crippen molar-refractivity contribution in [1.29, 1.82) is 0 Å². The van der Waals surface area contributed by atoms with E-state index in [1.807, 2.05) is 13.8 Å². The first-order valence-electron chi connectivity index (χ1n) is 10.5. The highest BCUT2D eigenvalue weighted by Crippen LogP contribution is 2.32. The van der Waals surface area contributed by atoms with Crippen LogP contribution >= 0.6 is 0 Å². The summed E-state index contributed by atoms with van der Waals surface area (Å²) in [4.78, 5) is 16.9. The van der Waals surface area contributed by atoms with Gasteiger partial charge in [0.05, 0.1) is 5.56 Å². The van der Waals surface area contributed by atoms with Gasteiger partial charge in [-0.05, 0) is 18.9 Å². The van der Waals surface area contributed by atoms with E-state index in [2.05, 4.69) is 24.8 Å². The second-order valence-electron chi connectivity index (χ2n) is 7.94. The maximum Gasteiger partial charge on any atom is 0.389 e. The lowest BCUT2D eigenvalue weighted by Crippen LogP contribution is -2.47. The Bertz CT molecular complexity index is 821. The fraction of sp³-hybridized carbons (Fsp3) is 0.650. The van der Waals surface area contributed by atoms with Crippen LogP contribution in [-0.4, -0.2) is 86.5 Å². The lowest BCUT2D eigenvalue weighted by atomic mass is 10.1. The zero-order chi connectivity index (χ0) is 22.4. The molecule has 0 spiro atoms. The van der Waals surface area contributed by atoms with Gasteiger partial charge in [0.15, 0.2) is 0 Å². The molecule has 1 saturated heterocycles. The molecule has 0 radical (unpaired) electrons. The largest absolute Gasteiger partial charge is 0.493 e. The number of hydrogen-bond acceptors (Lipinski definition) is 7. The summed E-state index contributed by atoms with van der Waals surface area (Å²) in [5.74, 6) is 0.488. The SMILES string of the molecule is CC(C)c1c(O)nc(-n2ccnc2)nc1OCCN1CCN(CCCC(F)(F)F)CC1. The van der Waals surface area contributed by atoms with Crippen LogP contribution in [0.4, 0.5) is 13.2 Å². The summed E-state index contributed by atoms with van der Waals surface area (Å²) in [6.07, 6.45) is 0.151. The van der Waals surface area contributed by atoms with Crippen LogP contribution in [0, 0.1) is 0 Å². The highest BCUT2D eigenvalue weighted by atomic mass is 19.4. The van der Waals surface area contributed by atoms with Gasteiger partial charge >= 0.3 is 6.18 Å². The maximum absolute atomic E-state index is 12.3. The van der Waals surface area contributed by atoms with Gasteiger partial charge in [0, 0.05) is 51.5 Å². The van der Waals surface area contributed by atoms with E-state index in [1.165, 1.54) is 0 Å². The van der Waals surface area contributed by atoms with Crippen molar-refractivity contribution in [3.63, 3.8) is 0 Å². The number of aromatic nitrogens is 4. The van der Waals surface area contributed by atoms with Crippen molar-refractivity contribution in [2.75, 3.05) is 45.9 Å². The van der Waals surface area contributed by atoms with Crippen molar-refractivity contribution in [3.05, 3.63) is 24.3 Å². The minimum absolute atomic E-state index is 0.0212. The molecule has 172 valence electrons. The van der Waals surface area contributed by atoms with E-state index in [0.717, 1.165) is 26.2 Å². The number of ether oxygens (including phenoxy) is 1. The third-order valence-corrected chi connectivity index (χ3v) is 5.24. The van der Waals surface area contributed by atoms with Crippen LogP contribution in [-0.2, 0) is 0 Å². The van der Waals surface area contributed by atoms with Gasteiger partial charge in [0.25, 0.3) is 0 Å². The number of nitrogens with zero attached hydrogens (tertiary/aromatic N) is 6. The Balaban J connectivity index is 1.50. The zero-order valence-corrected chi connectivity index (χ0v) is 17.8. The van der Waals surface area contributed by atoms with Crippen LogP contribution in [0.15, 0.2) is 18.7 Å². The number of aromatic hydroxyl groups is 1. The smallest absolute Gasteiger partial charge is 0.389 e. The molecule has 1 N–H and O–H groups in total. The van der Waals surface area contributed by atoms with Gasteiger partial charge in [0.2, 0.25) is 17.7 Å². The highest BCUT2D eigenvalue weighted by Gasteiger charge is 2.27. The molecule has 1 aliphatic rings. The van der Waals surface area contributed by atoms with E-state index in [1.54, 1.807) is 23.3 Å². The number of rotatable bonds is 9. The molecule has 3 rings (SSSR count). The van der Waals surface area contributed by atoms with E-state index in [9.17, 15) is 18.3 Å². The van der Waals surface area contributed by atoms with Crippen molar-refractivity contribution in [2.24, 2.45) is 0 Å². The normalized spacial score (nSPS) is 16.2. The molecule has 2 aromatic rings. The standard InChI is InChI=1S/C20H29F3N6O2/c1-15(2)16-17(30)25-19(29-7-5-24-14-29)26-18(16)31-13-12-28-10-8-27(9-11-28)6-3-4-20(21,22)23/h5,7,14-15H,3-4,6,8-13H2,1-2H3,(H,25,26,30). The minimum atomic E-state index is -4.08. The van der Waals surface area contributed by atoms with E-state index >= 15 is 0 Å². The Morgan fingerprint density at radius 3 is 2.35 bits per heavy atom. The van der Waals surface area contributed by atoms with Gasteiger partial charge in [-0.2, -0.15) is 23.1 Å². The quantitative estimate of drug-likeness (QED) is 0.640. The number of imidazole rings is 1. The third kappa shape index (κ3) is 6.79. The van der Waals surface area contributed by atoms with Crippen LogP contribution in [0.5, 0.6) is 11.8 Å². The second-order valence-corrected chi connectivity index (χ2v) is 7.94. The first-order valence-corrected chi connectivity index (χ1v) is 10.5. The molecule has 0 aliphatic carbocycles. The molecule has 2 aromatic heterocycles. The Hall–Kier alpha value is -2.40. The van der Waals surface area contributed by atoms with E-state index in [0.29, 0.717) is 31.1 Å². The van der Waals surface area contributed by atoms with E-state index in [-0.39, 0.29) is 24.2 Å². The number of halogens is 3. The molecule has 0 bridgehead atoms. The summed E-state index contributed by atoms with van der Waals surface area (Å²) in [6, 6.07) is 0. The van der Waals surface area contributed by atoms with Crippen LogP contribution in [0.25, 0.3) is 5.95 Å². The molecular weight excluding hydrogens is 413 g/mol. The number of alkyl halides is 3. The predicted octanol–water partition coefficient (Wildman–Crippen LogP) is 2.83. The summed E-state index contributed by atoms with van der Waals surface area (Å²) < 4.78 is 44.4. The van der Waals surface area contributed by atoms with Crippen molar-refractivity contribution < 1.29 is 23.0 Å². The van der Waals surface area contributed by atoms with Crippen molar-refractivity contribution in [2.45, 2.75) is 38.8 Å². The molecule has 0 amide bonds. The van der Waals surface area contributed by atoms with Gasteiger partial charge in [-0.1, -0.05) is 13.8 Å². The molecule has 0 saturated carbocycles. The summed E-state index contributed by atoms with van der Waals surface area (Å²) in [6.45, 7) is 8.43. The summed E-state index contributed by atoms with van der Waals surface area (Å²) in [7, 11) is 0. The average Bonchev–Trinajstić information content (AvgIpc) is 3.22. The molecule has 0 unspecified atom stereocenters. The van der Waals surface area contributed by atoms with Crippen molar-refractivity contribution >= 4 is 0 Å². The monoisotopic (exact) mass is 442 g/mol. The second kappa shape index (κ2) is 10.3. The minimum Gasteiger partial charge on any atom is -0.493 e. The maximum atomic E-state index is 12.3. The van der Waals surface area contributed by atoms with Crippen molar-refractivity contribution in [1.82, 2.24) is 29.3 Å². The summed E-state index contributed by atoms with van der Waals surface area (Å²) >= 11 is 0. The highest BCUT2D eigenvalue weighted by molar-refractivity contribution is 5.40. The molecule has 3 heterocycles. The Morgan fingerprint density at radius 1 is 1.10 bits per heavy atom. The van der Waals surface area contributed by atoms with Crippen LogP contribution < -0.4 is 4.74 Å².